The van der Waals surface area contributed by atoms with Gasteiger partial charge in [0.1, 0.15) is 6.10 Å². The van der Waals surface area contributed by atoms with Crippen molar-refractivity contribution in [3.8, 4) is 11.5 Å². The molecule has 0 amide bonds. The molecule has 1 aromatic carbocycles. The highest BCUT2D eigenvalue weighted by Crippen LogP contribution is 2.33. The van der Waals surface area contributed by atoms with Crippen molar-refractivity contribution in [3.05, 3.63) is 23.8 Å². The van der Waals surface area contributed by atoms with E-state index >= 15 is 0 Å². The molecule has 0 saturated carbocycles. The molecule has 1 fully saturated rings. The first-order chi connectivity index (χ1) is 9.24. The van der Waals surface area contributed by atoms with E-state index in [1.165, 1.54) is 0 Å². The number of ether oxygens (including phenoxy) is 2. The number of nitrogens with zero attached hydrogens (tertiary/aromatic N) is 1. The van der Waals surface area contributed by atoms with E-state index in [-0.39, 0.29) is 6.10 Å². The molecule has 0 aliphatic carbocycles. The van der Waals surface area contributed by atoms with Crippen LogP contribution in [0.3, 0.4) is 0 Å². The van der Waals surface area contributed by atoms with Gasteiger partial charge in [0.25, 0.3) is 0 Å². The summed E-state index contributed by atoms with van der Waals surface area (Å²) in [5, 5.41) is 8.90. The van der Waals surface area contributed by atoms with Crippen molar-refractivity contribution >= 4 is 0 Å². The fourth-order valence-corrected chi connectivity index (χ4v) is 2.46. The second-order valence-electron chi connectivity index (χ2n) is 4.93. The van der Waals surface area contributed by atoms with E-state index in [0.29, 0.717) is 12.3 Å². The number of hydrogen-bond donors (Lipinski definition) is 2. The molecule has 5 heteroatoms. The maximum absolute atomic E-state index is 8.90. The van der Waals surface area contributed by atoms with Crippen LogP contribution in [0.4, 0.5) is 0 Å². The Morgan fingerprint density at radius 3 is 3.00 bits per heavy atom. The molecule has 1 atom stereocenters. The summed E-state index contributed by atoms with van der Waals surface area (Å²) in [5.41, 5.74) is 3.07. The van der Waals surface area contributed by atoms with E-state index < -0.39 is 0 Å². The quantitative estimate of drug-likeness (QED) is 0.794. The lowest BCUT2D eigenvalue weighted by Gasteiger charge is -2.31. The normalized spacial score (nSPS) is 20.3. The average Bonchev–Trinajstić information content (AvgIpc) is 2.41. The zero-order chi connectivity index (χ0) is 13.7. The van der Waals surface area contributed by atoms with E-state index in [4.69, 9.17) is 14.7 Å². The van der Waals surface area contributed by atoms with Crippen LogP contribution in [0.15, 0.2) is 18.2 Å². The van der Waals surface area contributed by atoms with Gasteiger partial charge in [-0.1, -0.05) is 12.1 Å². The van der Waals surface area contributed by atoms with Gasteiger partial charge in [-0.25, -0.2) is 5.48 Å². The molecule has 1 heterocycles. The van der Waals surface area contributed by atoms with Crippen LogP contribution in [0, 0.1) is 0 Å². The second-order valence-corrected chi connectivity index (χ2v) is 4.93. The van der Waals surface area contributed by atoms with Crippen molar-refractivity contribution in [2.45, 2.75) is 25.5 Å². The van der Waals surface area contributed by atoms with Gasteiger partial charge in [-0.2, -0.15) is 0 Å². The van der Waals surface area contributed by atoms with Gasteiger partial charge in [-0.15, -0.1) is 0 Å². The van der Waals surface area contributed by atoms with Crippen molar-refractivity contribution in [3.63, 3.8) is 0 Å². The number of piperidine rings is 1. The Hall–Kier alpha value is -1.30. The van der Waals surface area contributed by atoms with Crippen molar-refractivity contribution in [2.75, 3.05) is 27.2 Å². The summed E-state index contributed by atoms with van der Waals surface area (Å²) < 4.78 is 11.5. The van der Waals surface area contributed by atoms with Crippen LogP contribution in [0.5, 0.6) is 11.5 Å². The Morgan fingerprint density at radius 2 is 2.32 bits per heavy atom. The summed E-state index contributed by atoms with van der Waals surface area (Å²) in [6.07, 6.45) is 2.37. The molecule has 1 saturated heterocycles. The molecule has 2 rings (SSSR count). The van der Waals surface area contributed by atoms with Crippen LogP contribution in [0.25, 0.3) is 0 Å². The molecule has 1 aromatic rings. The first kappa shape index (κ1) is 14.1. The first-order valence-electron chi connectivity index (χ1n) is 6.62. The highest BCUT2D eigenvalue weighted by molar-refractivity contribution is 5.46. The van der Waals surface area contributed by atoms with Crippen molar-refractivity contribution in [1.82, 2.24) is 10.4 Å². The molecule has 106 valence electrons. The van der Waals surface area contributed by atoms with Crippen LogP contribution in [0.1, 0.15) is 18.4 Å². The number of methoxy groups -OCH3 is 1. The van der Waals surface area contributed by atoms with Crippen LogP contribution < -0.4 is 15.0 Å². The molecule has 2 N–H and O–H groups in total. The van der Waals surface area contributed by atoms with Crippen molar-refractivity contribution < 1.29 is 14.7 Å². The third-order valence-corrected chi connectivity index (χ3v) is 3.42. The Kier molecular flexibility index (Phi) is 5.01. The largest absolute Gasteiger partial charge is 0.493 e. The lowest BCUT2D eigenvalue weighted by Crippen LogP contribution is -2.38. The van der Waals surface area contributed by atoms with Crippen LogP contribution in [-0.2, 0) is 6.54 Å². The monoisotopic (exact) mass is 266 g/mol. The number of likely N-dealkylation sites (N-methyl/N-ethyl adjacent to an activating group) is 1. The minimum absolute atomic E-state index is 0.174. The topological polar surface area (TPSA) is 54.0 Å². The standard InChI is InChI=1S/C14H22N2O3/c1-16-8-4-6-12(10-16)19-14-11(9-15-17)5-3-7-13(14)18-2/h3,5,7,12,15,17H,4,6,8-10H2,1-2H3. The Morgan fingerprint density at radius 1 is 1.47 bits per heavy atom. The molecule has 0 spiro atoms. The van der Waals surface area contributed by atoms with Gasteiger partial charge in [0.05, 0.1) is 7.11 Å². The number of rotatable bonds is 5. The number of likely N-dealkylation sites (tertiary alicyclic amines) is 1. The Balaban J connectivity index is 2.16. The number of para-hydroxylation sites is 1. The zero-order valence-corrected chi connectivity index (χ0v) is 11.6. The van der Waals surface area contributed by atoms with E-state index in [9.17, 15) is 0 Å². The predicted octanol–water partition coefficient (Wildman–Crippen LogP) is 1.65. The summed E-state index contributed by atoms with van der Waals surface area (Å²) >= 11 is 0. The molecule has 0 aromatic heterocycles. The number of nitrogens with one attached hydrogen (secondary N) is 1. The van der Waals surface area contributed by atoms with Crippen LogP contribution in [0.2, 0.25) is 0 Å². The van der Waals surface area contributed by atoms with E-state index in [0.717, 1.165) is 37.2 Å². The van der Waals surface area contributed by atoms with E-state index in [2.05, 4.69) is 17.4 Å². The molecule has 0 radical (unpaired) electrons. The molecule has 5 nitrogen and oxygen atoms in total. The summed E-state index contributed by atoms with van der Waals surface area (Å²) in [6, 6.07) is 5.70. The molecule has 1 unspecified atom stereocenters. The maximum Gasteiger partial charge on any atom is 0.166 e. The molecular weight excluding hydrogens is 244 g/mol. The Labute approximate surface area is 114 Å². The highest BCUT2D eigenvalue weighted by atomic mass is 16.5. The number of hydrogen-bond acceptors (Lipinski definition) is 5. The van der Waals surface area contributed by atoms with Gasteiger partial charge < -0.3 is 19.6 Å². The zero-order valence-electron chi connectivity index (χ0n) is 11.6. The fourth-order valence-electron chi connectivity index (χ4n) is 2.46. The summed E-state index contributed by atoms with van der Waals surface area (Å²) in [5.74, 6) is 1.44. The van der Waals surface area contributed by atoms with Gasteiger partial charge in [-0.05, 0) is 32.5 Å². The molecule has 19 heavy (non-hydrogen) atoms. The van der Waals surface area contributed by atoms with E-state index in [1.54, 1.807) is 7.11 Å². The highest BCUT2D eigenvalue weighted by Gasteiger charge is 2.21. The van der Waals surface area contributed by atoms with Crippen molar-refractivity contribution in [2.24, 2.45) is 0 Å². The second kappa shape index (κ2) is 6.75. The molecule has 1 aliphatic heterocycles. The van der Waals surface area contributed by atoms with Gasteiger partial charge in [-0.3, -0.25) is 0 Å². The molecule has 0 bridgehead atoms. The van der Waals surface area contributed by atoms with Gasteiger partial charge >= 0.3 is 0 Å². The summed E-state index contributed by atoms with van der Waals surface area (Å²) in [4.78, 5) is 2.27. The molecule has 1 aliphatic rings. The minimum Gasteiger partial charge on any atom is -0.493 e. The lowest BCUT2D eigenvalue weighted by atomic mass is 10.1. The average molecular weight is 266 g/mol. The van der Waals surface area contributed by atoms with Gasteiger partial charge in [0, 0.05) is 18.7 Å². The molecular formula is C14H22N2O3. The first-order valence-corrected chi connectivity index (χ1v) is 6.62. The number of hydroxylamine groups is 1. The number of benzene rings is 1. The minimum atomic E-state index is 0.174. The third kappa shape index (κ3) is 3.59. The predicted molar refractivity (Wildman–Crippen MR) is 72.8 cm³/mol. The third-order valence-electron chi connectivity index (χ3n) is 3.42. The van der Waals surface area contributed by atoms with Crippen molar-refractivity contribution in [1.29, 1.82) is 0 Å². The Bertz CT molecular complexity index is 412. The fraction of sp³-hybridized carbons (Fsp3) is 0.571. The smallest absolute Gasteiger partial charge is 0.166 e. The van der Waals surface area contributed by atoms with Crippen LogP contribution >= 0.6 is 0 Å². The lowest BCUT2D eigenvalue weighted by molar-refractivity contribution is 0.0982. The SMILES string of the molecule is COc1cccc(CNO)c1OC1CCCN(C)C1. The van der Waals surface area contributed by atoms with Gasteiger partial charge in [0.2, 0.25) is 0 Å². The van der Waals surface area contributed by atoms with Crippen LogP contribution in [-0.4, -0.2) is 43.5 Å². The summed E-state index contributed by atoms with van der Waals surface area (Å²) in [6.45, 7) is 2.38. The van der Waals surface area contributed by atoms with Gasteiger partial charge in [0.15, 0.2) is 11.5 Å². The summed E-state index contributed by atoms with van der Waals surface area (Å²) in [7, 11) is 3.74. The maximum atomic E-state index is 8.90. The van der Waals surface area contributed by atoms with E-state index in [1.807, 2.05) is 18.2 Å².